The number of carbonyl (C=O) groups is 2. The summed E-state index contributed by atoms with van der Waals surface area (Å²) >= 11 is 3.39. The van der Waals surface area contributed by atoms with Crippen molar-refractivity contribution in [3.05, 3.63) is 28.2 Å². The van der Waals surface area contributed by atoms with Gasteiger partial charge in [-0.2, -0.15) is 0 Å². The van der Waals surface area contributed by atoms with E-state index >= 15 is 0 Å². The van der Waals surface area contributed by atoms with Crippen molar-refractivity contribution < 1.29 is 14.3 Å². The number of benzene rings is 1. The van der Waals surface area contributed by atoms with Crippen LogP contribution in [0, 0.1) is 18.8 Å². The summed E-state index contributed by atoms with van der Waals surface area (Å²) in [6.07, 6.45) is 0.867. The Morgan fingerprint density at radius 3 is 2.74 bits per heavy atom. The molecule has 4 nitrogen and oxygen atoms in total. The Morgan fingerprint density at radius 1 is 1.47 bits per heavy atom. The molecule has 0 unspecified atom stereocenters. The van der Waals surface area contributed by atoms with Gasteiger partial charge < -0.3 is 10.1 Å². The van der Waals surface area contributed by atoms with Gasteiger partial charge in [0.25, 0.3) is 5.91 Å². The van der Waals surface area contributed by atoms with Crippen LogP contribution in [0.4, 0.5) is 5.69 Å². The van der Waals surface area contributed by atoms with Gasteiger partial charge >= 0.3 is 5.97 Å². The molecule has 102 valence electrons. The average molecular weight is 326 g/mol. The highest BCUT2D eigenvalue weighted by Crippen LogP contribution is 2.38. The molecular formula is C14H16BrNO3. The van der Waals surface area contributed by atoms with Crippen LogP contribution in [0.5, 0.6) is 0 Å². The van der Waals surface area contributed by atoms with Gasteiger partial charge in [-0.25, -0.2) is 0 Å². The first-order chi connectivity index (χ1) is 8.97. The number of nitrogens with one attached hydrogen (secondary N) is 1. The van der Waals surface area contributed by atoms with Gasteiger partial charge in [0, 0.05) is 10.2 Å². The fourth-order valence-electron chi connectivity index (χ4n) is 1.81. The maximum Gasteiger partial charge on any atom is 0.309 e. The number of aryl methyl sites for hydroxylation is 1. The molecule has 1 aromatic rings. The highest BCUT2D eigenvalue weighted by atomic mass is 79.9. The summed E-state index contributed by atoms with van der Waals surface area (Å²) in [5.41, 5.74) is 1.73. The molecule has 1 fully saturated rings. The number of rotatable bonds is 4. The Bertz CT molecular complexity index is 515. The Balaban J connectivity index is 1.80. The Hall–Kier alpha value is -1.36. The molecule has 0 spiro atoms. The zero-order chi connectivity index (χ0) is 14.0. The van der Waals surface area contributed by atoms with E-state index < -0.39 is 0 Å². The molecule has 2 atom stereocenters. The molecule has 1 aliphatic rings. The molecule has 1 saturated carbocycles. The molecule has 1 amide bonds. The Morgan fingerprint density at radius 2 is 2.16 bits per heavy atom. The summed E-state index contributed by atoms with van der Waals surface area (Å²) in [6, 6.07) is 5.51. The van der Waals surface area contributed by atoms with E-state index in [-0.39, 0.29) is 24.4 Å². The molecule has 0 aromatic heterocycles. The third kappa shape index (κ3) is 3.80. The second-order valence-electron chi connectivity index (χ2n) is 4.94. The van der Waals surface area contributed by atoms with E-state index in [0.717, 1.165) is 16.5 Å². The summed E-state index contributed by atoms with van der Waals surface area (Å²) in [7, 11) is 0. The summed E-state index contributed by atoms with van der Waals surface area (Å²) in [4.78, 5) is 23.1. The zero-order valence-corrected chi connectivity index (χ0v) is 12.5. The molecule has 1 N–H and O–H groups in total. The van der Waals surface area contributed by atoms with Crippen LogP contribution in [0.1, 0.15) is 18.9 Å². The quantitative estimate of drug-likeness (QED) is 0.866. The van der Waals surface area contributed by atoms with Crippen LogP contribution < -0.4 is 5.32 Å². The number of amides is 1. The summed E-state index contributed by atoms with van der Waals surface area (Å²) < 4.78 is 5.95. The molecule has 0 heterocycles. The Kier molecular flexibility index (Phi) is 4.24. The molecule has 5 heteroatoms. The number of carbonyl (C=O) groups excluding carboxylic acids is 2. The minimum atomic E-state index is -0.316. The van der Waals surface area contributed by atoms with Crippen molar-refractivity contribution in [2.45, 2.75) is 20.3 Å². The lowest BCUT2D eigenvalue weighted by Crippen LogP contribution is -2.21. The predicted octanol–water partition coefficient (Wildman–Crippen LogP) is 2.90. The molecule has 0 bridgehead atoms. The molecule has 19 heavy (non-hydrogen) atoms. The third-order valence-electron chi connectivity index (χ3n) is 3.20. The van der Waals surface area contributed by atoms with Crippen LogP contribution in [0.25, 0.3) is 0 Å². The van der Waals surface area contributed by atoms with Crippen LogP contribution >= 0.6 is 15.9 Å². The monoisotopic (exact) mass is 325 g/mol. The van der Waals surface area contributed by atoms with Gasteiger partial charge in [-0.1, -0.05) is 22.9 Å². The summed E-state index contributed by atoms with van der Waals surface area (Å²) in [5, 5.41) is 2.70. The average Bonchev–Trinajstić information content (AvgIpc) is 3.08. The van der Waals surface area contributed by atoms with E-state index in [9.17, 15) is 9.59 Å². The minimum absolute atomic E-state index is 0.0114. The number of anilines is 1. The van der Waals surface area contributed by atoms with Gasteiger partial charge in [-0.3, -0.25) is 9.59 Å². The Labute approximate surface area is 120 Å². The maximum absolute atomic E-state index is 11.6. The smallest absolute Gasteiger partial charge is 0.309 e. The molecule has 0 radical (unpaired) electrons. The van der Waals surface area contributed by atoms with Crippen LogP contribution in [-0.4, -0.2) is 18.5 Å². The highest BCUT2D eigenvalue weighted by molar-refractivity contribution is 9.10. The molecule has 1 aliphatic carbocycles. The molecule has 1 aromatic carbocycles. The van der Waals surface area contributed by atoms with E-state index in [1.165, 1.54) is 0 Å². The number of ether oxygens (including phenoxy) is 1. The van der Waals surface area contributed by atoms with Crippen LogP contribution in [0.3, 0.4) is 0 Å². The highest BCUT2D eigenvalue weighted by Gasteiger charge is 2.40. The van der Waals surface area contributed by atoms with E-state index in [4.69, 9.17) is 4.74 Å². The van der Waals surface area contributed by atoms with Crippen molar-refractivity contribution in [3.8, 4) is 0 Å². The van der Waals surface area contributed by atoms with Gasteiger partial charge in [0.2, 0.25) is 0 Å². The van der Waals surface area contributed by atoms with Gasteiger partial charge in [0.05, 0.1) is 5.92 Å². The van der Waals surface area contributed by atoms with Gasteiger partial charge in [0.15, 0.2) is 6.61 Å². The first-order valence-corrected chi connectivity index (χ1v) is 6.99. The predicted molar refractivity (Wildman–Crippen MR) is 75.7 cm³/mol. The number of halogens is 1. The lowest BCUT2D eigenvalue weighted by Gasteiger charge is -2.07. The SMILES string of the molecule is Cc1cc(NC(=O)COC(=O)[C@H]2C[C@@H]2C)ccc1Br. The molecule has 0 aliphatic heterocycles. The standard InChI is InChI=1S/C14H16BrNO3/c1-8-6-11(8)14(18)19-7-13(17)16-10-3-4-12(15)9(2)5-10/h3-5,8,11H,6-7H2,1-2H3,(H,16,17)/t8-,11-/m0/s1. The van der Waals surface area contributed by atoms with Crippen molar-refractivity contribution in [2.75, 3.05) is 11.9 Å². The second kappa shape index (κ2) is 5.74. The van der Waals surface area contributed by atoms with E-state index in [2.05, 4.69) is 21.2 Å². The maximum atomic E-state index is 11.6. The lowest BCUT2D eigenvalue weighted by molar-refractivity contribution is -0.148. The van der Waals surface area contributed by atoms with Crippen molar-refractivity contribution in [1.29, 1.82) is 0 Å². The number of esters is 1. The zero-order valence-electron chi connectivity index (χ0n) is 10.9. The summed E-state index contributed by atoms with van der Waals surface area (Å²) in [6.45, 7) is 3.71. The van der Waals surface area contributed by atoms with Gasteiger partial charge in [-0.05, 0) is 43.0 Å². The van der Waals surface area contributed by atoms with Crippen LogP contribution in [0.15, 0.2) is 22.7 Å². The third-order valence-corrected chi connectivity index (χ3v) is 4.09. The molecular weight excluding hydrogens is 310 g/mol. The second-order valence-corrected chi connectivity index (χ2v) is 5.79. The first kappa shape index (κ1) is 14.1. The molecule has 0 saturated heterocycles. The van der Waals surface area contributed by atoms with Crippen molar-refractivity contribution in [1.82, 2.24) is 0 Å². The number of hydrogen-bond acceptors (Lipinski definition) is 3. The van der Waals surface area contributed by atoms with Crippen LogP contribution in [-0.2, 0) is 14.3 Å². The molecule has 2 rings (SSSR count). The van der Waals surface area contributed by atoms with Gasteiger partial charge in [0.1, 0.15) is 0 Å². The first-order valence-electron chi connectivity index (χ1n) is 6.20. The minimum Gasteiger partial charge on any atom is -0.455 e. The normalized spacial score (nSPS) is 20.8. The summed E-state index contributed by atoms with van der Waals surface area (Å²) in [5.74, 6) is -0.203. The van der Waals surface area contributed by atoms with Gasteiger partial charge in [-0.15, -0.1) is 0 Å². The number of hydrogen-bond donors (Lipinski definition) is 1. The van der Waals surface area contributed by atoms with Crippen molar-refractivity contribution in [2.24, 2.45) is 11.8 Å². The van der Waals surface area contributed by atoms with Crippen molar-refractivity contribution in [3.63, 3.8) is 0 Å². The van der Waals surface area contributed by atoms with E-state index in [1.54, 1.807) is 6.07 Å². The fourth-order valence-corrected chi connectivity index (χ4v) is 2.06. The fraction of sp³-hybridized carbons (Fsp3) is 0.429. The van der Waals surface area contributed by atoms with E-state index in [0.29, 0.717) is 11.6 Å². The topological polar surface area (TPSA) is 55.4 Å². The lowest BCUT2D eigenvalue weighted by atomic mass is 10.2. The van der Waals surface area contributed by atoms with Crippen molar-refractivity contribution >= 4 is 33.5 Å². The largest absolute Gasteiger partial charge is 0.455 e. The van der Waals surface area contributed by atoms with Crippen LogP contribution in [0.2, 0.25) is 0 Å². The van der Waals surface area contributed by atoms with E-state index in [1.807, 2.05) is 26.0 Å².